The molecule has 0 aliphatic carbocycles. The number of imidazole rings is 1. The van der Waals surface area contributed by atoms with Crippen LogP contribution < -0.4 is 5.32 Å². The van der Waals surface area contributed by atoms with Crippen LogP contribution in [-0.2, 0) is 13.0 Å². The summed E-state index contributed by atoms with van der Waals surface area (Å²) >= 11 is 0. The lowest BCUT2D eigenvalue weighted by Gasteiger charge is -2.07. The van der Waals surface area contributed by atoms with Gasteiger partial charge in [0.05, 0.1) is 0 Å². The normalized spacial score (nSPS) is 10.8. The van der Waals surface area contributed by atoms with E-state index in [4.69, 9.17) is 0 Å². The van der Waals surface area contributed by atoms with Crippen molar-refractivity contribution in [3.05, 3.63) is 53.6 Å². The summed E-state index contributed by atoms with van der Waals surface area (Å²) in [5.41, 5.74) is 0.714. The van der Waals surface area contributed by atoms with Crippen molar-refractivity contribution in [2.75, 3.05) is 13.6 Å². The molecule has 0 aliphatic heterocycles. The summed E-state index contributed by atoms with van der Waals surface area (Å²) in [7, 11) is 1.88. The lowest BCUT2D eigenvalue weighted by molar-refractivity contribution is 0.507. The molecule has 18 heavy (non-hydrogen) atoms. The Morgan fingerprint density at radius 2 is 2.11 bits per heavy atom. The standard InChI is InChI=1S/C13H15F2N3/c1-16-4-6-18-7-5-17-13(18)9-10-2-3-11(14)12(15)8-10/h2-3,5,7-8,16H,4,6,9H2,1H3. The van der Waals surface area contributed by atoms with Crippen LogP contribution >= 0.6 is 0 Å². The molecule has 0 atom stereocenters. The summed E-state index contributed by atoms with van der Waals surface area (Å²) < 4.78 is 27.9. The van der Waals surface area contributed by atoms with Gasteiger partial charge in [-0.25, -0.2) is 13.8 Å². The molecule has 1 aromatic carbocycles. The first-order valence-corrected chi connectivity index (χ1v) is 5.79. The SMILES string of the molecule is CNCCn1ccnc1Cc1ccc(F)c(F)c1. The molecule has 0 unspecified atom stereocenters. The average Bonchev–Trinajstić information content (AvgIpc) is 2.79. The Hall–Kier alpha value is -1.75. The molecular formula is C13H15F2N3. The zero-order chi connectivity index (χ0) is 13.0. The minimum absolute atomic E-state index is 0.494. The Morgan fingerprint density at radius 1 is 1.28 bits per heavy atom. The van der Waals surface area contributed by atoms with Crippen molar-refractivity contribution in [2.45, 2.75) is 13.0 Å². The summed E-state index contributed by atoms with van der Waals surface area (Å²) in [6.07, 6.45) is 4.09. The highest BCUT2D eigenvalue weighted by molar-refractivity contribution is 5.21. The molecule has 2 rings (SSSR count). The summed E-state index contributed by atoms with van der Waals surface area (Å²) in [6, 6.07) is 3.94. The van der Waals surface area contributed by atoms with Gasteiger partial charge in [-0.1, -0.05) is 6.07 Å². The second kappa shape index (κ2) is 5.73. The zero-order valence-corrected chi connectivity index (χ0v) is 10.2. The minimum Gasteiger partial charge on any atom is -0.333 e. The predicted molar refractivity (Wildman–Crippen MR) is 65.3 cm³/mol. The van der Waals surface area contributed by atoms with Crippen molar-refractivity contribution in [3.8, 4) is 0 Å². The van der Waals surface area contributed by atoms with Gasteiger partial charge in [0.15, 0.2) is 11.6 Å². The number of aromatic nitrogens is 2. The van der Waals surface area contributed by atoms with Gasteiger partial charge in [-0.3, -0.25) is 0 Å². The second-order valence-corrected chi connectivity index (χ2v) is 4.07. The highest BCUT2D eigenvalue weighted by atomic mass is 19.2. The lowest BCUT2D eigenvalue weighted by atomic mass is 10.1. The van der Waals surface area contributed by atoms with Crippen molar-refractivity contribution in [1.29, 1.82) is 0 Å². The molecule has 0 spiro atoms. The van der Waals surface area contributed by atoms with Gasteiger partial charge in [0.2, 0.25) is 0 Å². The first-order valence-electron chi connectivity index (χ1n) is 5.79. The number of hydrogen-bond acceptors (Lipinski definition) is 2. The van der Waals surface area contributed by atoms with Crippen LogP contribution in [0.15, 0.2) is 30.6 Å². The number of hydrogen-bond donors (Lipinski definition) is 1. The van der Waals surface area contributed by atoms with E-state index in [1.54, 1.807) is 12.3 Å². The van der Waals surface area contributed by atoms with Gasteiger partial charge < -0.3 is 9.88 Å². The van der Waals surface area contributed by atoms with Gasteiger partial charge >= 0.3 is 0 Å². The molecule has 1 heterocycles. The van der Waals surface area contributed by atoms with E-state index in [1.165, 1.54) is 6.07 Å². The third kappa shape index (κ3) is 2.92. The second-order valence-electron chi connectivity index (χ2n) is 4.07. The minimum atomic E-state index is -0.822. The van der Waals surface area contributed by atoms with Crippen molar-refractivity contribution < 1.29 is 8.78 Å². The van der Waals surface area contributed by atoms with Crippen molar-refractivity contribution in [2.24, 2.45) is 0 Å². The summed E-state index contributed by atoms with van der Waals surface area (Å²) in [4.78, 5) is 4.24. The maximum Gasteiger partial charge on any atom is 0.159 e. The molecule has 2 aromatic rings. The highest BCUT2D eigenvalue weighted by Gasteiger charge is 2.07. The molecule has 3 nitrogen and oxygen atoms in total. The summed E-state index contributed by atoms with van der Waals surface area (Å²) in [5.74, 6) is -0.797. The molecule has 5 heteroatoms. The third-order valence-electron chi connectivity index (χ3n) is 2.75. The quantitative estimate of drug-likeness (QED) is 0.880. The molecule has 0 bridgehead atoms. The molecular weight excluding hydrogens is 236 g/mol. The van der Waals surface area contributed by atoms with Crippen LogP contribution in [-0.4, -0.2) is 23.1 Å². The van der Waals surface area contributed by atoms with Crippen LogP contribution in [0.25, 0.3) is 0 Å². The van der Waals surface area contributed by atoms with Gasteiger partial charge in [0, 0.05) is 31.9 Å². The van der Waals surface area contributed by atoms with Crippen LogP contribution in [0.4, 0.5) is 8.78 Å². The molecule has 0 fully saturated rings. The van der Waals surface area contributed by atoms with Crippen LogP contribution in [0.5, 0.6) is 0 Å². The van der Waals surface area contributed by atoms with Gasteiger partial charge in [-0.15, -0.1) is 0 Å². The smallest absolute Gasteiger partial charge is 0.159 e. The Bertz CT molecular complexity index is 523. The average molecular weight is 251 g/mol. The Kier molecular flexibility index (Phi) is 4.04. The molecule has 1 aromatic heterocycles. The van der Waals surface area contributed by atoms with E-state index in [2.05, 4.69) is 10.3 Å². The number of benzene rings is 1. The van der Waals surface area contributed by atoms with E-state index in [1.807, 2.05) is 17.8 Å². The number of nitrogens with one attached hydrogen (secondary N) is 1. The van der Waals surface area contributed by atoms with E-state index in [-0.39, 0.29) is 0 Å². The van der Waals surface area contributed by atoms with Gasteiger partial charge in [0.25, 0.3) is 0 Å². The Balaban J connectivity index is 2.13. The first kappa shape index (κ1) is 12.7. The fraction of sp³-hybridized carbons (Fsp3) is 0.308. The first-order chi connectivity index (χ1) is 8.70. The Morgan fingerprint density at radius 3 is 2.83 bits per heavy atom. The van der Waals surface area contributed by atoms with Crippen molar-refractivity contribution >= 4 is 0 Å². The maximum absolute atomic E-state index is 13.1. The third-order valence-corrected chi connectivity index (χ3v) is 2.75. The van der Waals surface area contributed by atoms with Crippen molar-refractivity contribution in [1.82, 2.24) is 14.9 Å². The fourth-order valence-corrected chi connectivity index (χ4v) is 1.78. The topological polar surface area (TPSA) is 29.9 Å². The maximum atomic E-state index is 13.1. The summed E-state index contributed by atoms with van der Waals surface area (Å²) in [5, 5.41) is 3.06. The number of nitrogens with zero attached hydrogens (tertiary/aromatic N) is 2. The molecule has 0 radical (unpaired) electrons. The Labute approximate surface area is 104 Å². The number of rotatable bonds is 5. The molecule has 0 amide bonds. The largest absolute Gasteiger partial charge is 0.333 e. The molecule has 96 valence electrons. The monoisotopic (exact) mass is 251 g/mol. The molecule has 0 aliphatic rings. The van der Waals surface area contributed by atoms with Gasteiger partial charge in [-0.05, 0) is 24.7 Å². The van der Waals surface area contributed by atoms with E-state index in [9.17, 15) is 8.78 Å². The van der Waals surface area contributed by atoms with Crippen LogP contribution in [0, 0.1) is 11.6 Å². The predicted octanol–water partition coefficient (Wildman–Crippen LogP) is 1.97. The zero-order valence-electron chi connectivity index (χ0n) is 10.2. The van der Waals surface area contributed by atoms with Crippen LogP contribution in [0.1, 0.15) is 11.4 Å². The fourth-order valence-electron chi connectivity index (χ4n) is 1.78. The highest BCUT2D eigenvalue weighted by Crippen LogP contribution is 2.12. The summed E-state index contributed by atoms with van der Waals surface area (Å²) in [6.45, 7) is 1.64. The van der Waals surface area contributed by atoms with Crippen molar-refractivity contribution in [3.63, 3.8) is 0 Å². The van der Waals surface area contributed by atoms with E-state index in [0.717, 1.165) is 25.0 Å². The molecule has 1 N–H and O–H groups in total. The van der Waals surface area contributed by atoms with E-state index < -0.39 is 11.6 Å². The number of likely N-dealkylation sites (N-methyl/N-ethyl adjacent to an activating group) is 1. The van der Waals surface area contributed by atoms with Gasteiger partial charge in [-0.2, -0.15) is 0 Å². The van der Waals surface area contributed by atoms with E-state index in [0.29, 0.717) is 12.0 Å². The van der Waals surface area contributed by atoms with Gasteiger partial charge in [0.1, 0.15) is 5.82 Å². The molecule has 0 saturated heterocycles. The number of halogens is 2. The molecule has 0 saturated carbocycles. The van der Waals surface area contributed by atoms with Crippen LogP contribution in [0.2, 0.25) is 0 Å². The lowest BCUT2D eigenvalue weighted by Crippen LogP contribution is -2.16. The van der Waals surface area contributed by atoms with Crippen LogP contribution in [0.3, 0.4) is 0 Å². The van der Waals surface area contributed by atoms with E-state index >= 15 is 0 Å².